The van der Waals surface area contributed by atoms with Gasteiger partial charge in [-0.3, -0.25) is 14.9 Å². The van der Waals surface area contributed by atoms with Crippen LogP contribution in [-0.4, -0.2) is 16.8 Å². The summed E-state index contributed by atoms with van der Waals surface area (Å²) in [7, 11) is 0. The van der Waals surface area contributed by atoms with Gasteiger partial charge in [0.2, 0.25) is 23.2 Å². The number of Topliss-reactive ketones (excluding diaryl/α,β-unsaturated/α-hetero) is 1. The van der Waals surface area contributed by atoms with Crippen LogP contribution in [-0.2, 0) is 19.9 Å². The maximum Gasteiger partial charge on any atom is 0.250 e. The van der Waals surface area contributed by atoms with Gasteiger partial charge in [-0.05, 0) is 13.0 Å². The molecule has 100 valence electrons. The molecule has 1 aromatic carbocycles. The number of aliphatic hydroxyl groups excluding tert-OH is 1. The predicted molar refractivity (Wildman–Crippen MR) is 68.4 cm³/mol. The Labute approximate surface area is 114 Å². The summed E-state index contributed by atoms with van der Waals surface area (Å²) in [5, 5.41) is 12.4. The van der Waals surface area contributed by atoms with E-state index in [-0.39, 0.29) is 5.88 Å². The van der Waals surface area contributed by atoms with Crippen molar-refractivity contribution in [2.75, 3.05) is 0 Å². The third-order valence-electron chi connectivity index (χ3n) is 2.85. The van der Waals surface area contributed by atoms with Gasteiger partial charge >= 0.3 is 0 Å². The Hall–Kier alpha value is -2.01. The summed E-state index contributed by atoms with van der Waals surface area (Å²) in [6, 6.07) is 6.67. The standard InChI is InChI=1S/C13H12ClNO4/c1-7(16)15-12-10(17)11(18)13(2,19-12)8-5-3-4-6-9(8)14/h3-6,17H,1-2H3,(H,15,16). The van der Waals surface area contributed by atoms with Crippen LogP contribution in [0.4, 0.5) is 0 Å². The fourth-order valence-electron chi connectivity index (χ4n) is 1.90. The minimum Gasteiger partial charge on any atom is -0.501 e. The third kappa shape index (κ3) is 2.17. The second kappa shape index (κ2) is 4.59. The van der Waals surface area contributed by atoms with Crippen LogP contribution in [0.1, 0.15) is 19.4 Å². The molecule has 2 N–H and O–H groups in total. The summed E-state index contributed by atoms with van der Waals surface area (Å²) >= 11 is 6.04. The molecule has 19 heavy (non-hydrogen) atoms. The minimum absolute atomic E-state index is 0.250. The molecule has 0 saturated heterocycles. The van der Waals surface area contributed by atoms with Crippen LogP contribution in [0.3, 0.4) is 0 Å². The molecular weight excluding hydrogens is 270 g/mol. The first-order chi connectivity index (χ1) is 8.86. The second-order valence-electron chi connectivity index (χ2n) is 4.30. The lowest BCUT2D eigenvalue weighted by atomic mass is 9.91. The monoisotopic (exact) mass is 281 g/mol. The first-order valence-corrected chi connectivity index (χ1v) is 5.93. The summed E-state index contributed by atoms with van der Waals surface area (Å²) in [4.78, 5) is 23.1. The van der Waals surface area contributed by atoms with Gasteiger partial charge < -0.3 is 9.84 Å². The van der Waals surface area contributed by atoms with Gasteiger partial charge in [-0.2, -0.15) is 0 Å². The number of hydrogen-bond acceptors (Lipinski definition) is 4. The van der Waals surface area contributed by atoms with E-state index in [1.165, 1.54) is 13.8 Å². The molecule has 1 aliphatic heterocycles. The van der Waals surface area contributed by atoms with Crippen molar-refractivity contribution in [3.63, 3.8) is 0 Å². The second-order valence-corrected chi connectivity index (χ2v) is 4.71. The Morgan fingerprint density at radius 3 is 2.63 bits per heavy atom. The van der Waals surface area contributed by atoms with E-state index < -0.39 is 23.1 Å². The lowest BCUT2D eigenvalue weighted by Gasteiger charge is -2.24. The van der Waals surface area contributed by atoms with E-state index in [9.17, 15) is 14.7 Å². The van der Waals surface area contributed by atoms with Crippen molar-refractivity contribution in [2.24, 2.45) is 0 Å². The summed E-state index contributed by atoms with van der Waals surface area (Å²) in [5.74, 6) is -1.96. The summed E-state index contributed by atoms with van der Waals surface area (Å²) in [6.45, 7) is 2.74. The minimum atomic E-state index is -1.44. The number of amides is 1. The number of carbonyl (C=O) groups is 2. The van der Waals surface area contributed by atoms with Crippen molar-refractivity contribution in [1.82, 2.24) is 5.32 Å². The molecule has 1 unspecified atom stereocenters. The Morgan fingerprint density at radius 2 is 2.05 bits per heavy atom. The van der Waals surface area contributed by atoms with Crippen molar-refractivity contribution in [3.8, 4) is 0 Å². The molecular formula is C13H12ClNO4. The van der Waals surface area contributed by atoms with Crippen LogP contribution in [0.5, 0.6) is 0 Å². The molecule has 1 heterocycles. The third-order valence-corrected chi connectivity index (χ3v) is 3.18. The van der Waals surface area contributed by atoms with Crippen LogP contribution in [0.15, 0.2) is 35.9 Å². The number of carbonyl (C=O) groups excluding carboxylic acids is 2. The van der Waals surface area contributed by atoms with E-state index in [1.807, 2.05) is 0 Å². The number of hydrogen-bond donors (Lipinski definition) is 2. The van der Waals surface area contributed by atoms with E-state index >= 15 is 0 Å². The number of halogens is 1. The first-order valence-electron chi connectivity index (χ1n) is 5.56. The highest BCUT2D eigenvalue weighted by Crippen LogP contribution is 2.39. The van der Waals surface area contributed by atoms with Gasteiger partial charge in [-0.15, -0.1) is 0 Å². The highest BCUT2D eigenvalue weighted by molar-refractivity contribution is 6.32. The molecule has 0 radical (unpaired) electrons. The number of nitrogens with one attached hydrogen (secondary N) is 1. The van der Waals surface area contributed by atoms with Crippen LogP contribution in [0.25, 0.3) is 0 Å². The highest BCUT2D eigenvalue weighted by atomic mass is 35.5. The van der Waals surface area contributed by atoms with Crippen LogP contribution in [0.2, 0.25) is 5.02 Å². The zero-order valence-electron chi connectivity index (χ0n) is 10.4. The average molecular weight is 282 g/mol. The van der Waals surface area contributed by atoms with Gasteiger partial charge in [-0.25, -0.2) is 0 Å². The molecule has 0 spiro atoms. The van der Waals surface area contributed by atoms with Gasteiger partial charge in [0.15, 0.2) is 0 Å². The molecule has 0 saturated carbocycles. The zero-order valence-corrected chi connectivity index (χ0v) is 11.1. The van der Waals surface area contributed by atoms with E-state index in [4.69, 9.17) is 16.3 Å². The van der Waals surface area contributed by atoms with Gasteiger partial charge in [0.1, 0.15) is 0 Å². The van der Waals surface area contributed by atoms with Crippen molar-refractivity contribution >= 4 is 23.3 Å². The molecule has 1 aliphatic rings. The molecule has 1 atom stereocenters. The van der Waals surface area contributed by atoms with Crippen LogP contribution < -0.4 is 5.32 Å². The fourth-order valence-corrected chi connectivity index (χ4v) is 2.21. The van der Waals surface area contributed by atoms with Crippen LogP contribution in [0, 0.1) is 0 Å². The molecule has 0 aromatic heterocycles. The Balaban J connectivity index is 2.42. The summed E-state index contributed by atoms with van der Waals surface area (Å²) in [5.41, 5.74) is -1.02. The van der Waals surface area contributed by atoms with E-state index in [2.05, 4.69) is 5.32 Å². The smallest absolute Gasteiger partial charge is 0.250 e. The van der Waals surface area contributed by atoms with E-state index in [0.717, 1.165) is 0 Å². The van der Waals surface area contributed by atoms with Crippen molar-refractivity contribution in [3.05, 3.63) is 46.5 Å². The fraction of sp³-hybridized carbons (Fsp3) is 0.231. The molecule has 1 aromatic rings. The van der Waals surface area contributed by atoms with Crippen molar-refractivity contribution in [1.29, 1.82) is 0 Å². The lowest BCUT2D eigenvalue weighted by Crippen LogP contribution is -2.32. The normalized spacial score (nSPS) is 22.4. The first kappa shape index (κ1) is 13.4. The highest BCUT2D eigenvalue weighted by Gasteiger charge is 2.49. The Bertz CT molecular complexity index is 596. The summed E-state index contributed by atoms with van der Waals surface area (Å²) < 4.78 is 5.41. The molecule has 0 aliphatic carbocycles. The van der Waals surface area contributed by atoms with Gasteiger partial charge in [-0.1, -0.05) is 29.8 Å². The SMILES string of the molecule is CC(=O)NC1=C(O)C(=O)C(C)(c2ccccc2Cl)O1. The molecule has 6 heteroatoms. The maximum absolute atomic E-state index is 12.1. The molecule has 0 bridgehead atoms. The van der Waals surface area contributed by atoms with Gasteiger partial charge in [0.25, 0.3) is 5.78 Å². The topological polar surface area (TPSA) is 75.6 Å². The number of ketones is 1. The maximum atomic E-state index is 12.1. The Morgan fingerprint density at radius 1 is 1.42 bits per heavy atom. The summed E-state index contributed by atoms with van der Waals surface area (Å²) in [6.07, 6.45) is 0. The zero-order chi connectivity index (χ0) is 14.2. The predicted octanol–water partition coefficient (Wildman–Crippen LogP) is 2.02. The van der Waals surface area contributed by atoms with Crippen molar-refractivity contribution < 1.29 is 19.4 Å². The van der Waals surface area contributed by atoms with E-state index in [0.29, 0.717) is 10.6 Å². The number of aliphatic hydroxyl groups is 1. The number of benzene rings is 1. The molecule has 1 amide bonds. The number of ether oxygens (including phenoxy) is 1. The number of rotatable bonds is 2. The largest absolute Gasteiger partial charge is 0.501 e. The molecule has 5 nitrogen and oxygen atoms in total. The lowest BCUT2D eigenvalue weighted by molar-refractivity contribution is -0.132. The van der Waals surface area contributed by atoms with E-state index in [1.54, 1.807) is 24.3 Å². The molecule has 2 rings (SSSR count). The quantitative estimate of drug-likeness (QED) is 0.869. The molecule has 0 fully saturated rings. The van der Waals surface area contributed by atoms with Gasteiger partial charge in [0.05, 0.1) is 0 Å². The Kier molecular flexibility index (Phi) is 3.24. The van der Waals surface area contributed by atoms with Gasteiger partial charge in [0, 0.05) is 17.5 Å². The average Bonchev–Trinajstić information content (AvgIpc) is 2.55. The van der Waals surface area contributed by atoms with Crippen LogP contribution >= 0.6 is 11.6 Å². The van der Waals surface area contributed by atoms with Crippen molar-refractivity contribution in [2.45, 2.75) is 19.4 Å².